The summed E-state index contributed by atoms with van der Waals surface area (Å²) in [6.45, 7) is 2.24. The fraction of sp³-hybridized carbons (Fsp3) is 0.294. The Morgan fingerprint density at radius 3 is 2.62 bits per heavy atom. The van der Waals surface area contributed by atoms with E-state index in [4.69, 9.17) is 4.74 Å². The summed E-state index contributed by atoms with van der Waals surface area (Å²) in [7, 11) is 3.55. The second-order valence-corrected chi connectivity index (χ2v) is 5.05. The van der Waals surface area contributed by atoms with Crippen LogP contribution in [0, 0.1) is 5.82 Å². The Kier molecular flexibility index (Phi) is 4.81. The highest BCUT2D eigenvalue weighted by atomic mass is 19.1. The number of hydrogen-bond donors (Lipinski definition) is 1. The molecular formula is C17H20FNO2. The molecular weight excluding hydrogens is 269 g/mol. The predicted molar refractivity (Wildman–Crippen MR) is 82.1 cm³/mol. The molecule has 0 amide bonds. The van der Waals surface area contributed by atoms with Gasteiger partial charge in [0.25, 0.3) is 0 Å². The van der Waals surface area contributed by atoms with Gasteiger partial charge in [0.05, 0.1) is 13.2 Å². The Hall–Kier alpha value is -2.07. The number of methoxy groups -OCH3 is 1. The molecule has 0 fully saturated rings. The van der Waals surface area contributed by atoms with Gasteiger partial charge in [0.1, 0.15) is 11.6 Å². The lowest BCUT2D eigenvalue weighted by Crippen LogP contribution is -2.19. The van der Waals surface area contributed by atoms with Crippen LogP contribution in [0.25, 0.3) is 0 Å². The van der Waals surface area contributed by atoms with E-state index in [2.05, 4.69) is 0 Å². The average molecular weight is 289 g/mol. The normalized spacial score (nSPS) is 12.0. The summed E-state index contributed by atoms with van der Waals surface area (Å²) in [5.74, 6) is 0.463. The topological polar surface area (TPSA) is 32.7 Å². The summed E-state index contributed by atoms with van der Waals surface area (Å²) in [6.07, 6.45) is -0.726. The molecule has 0 aliphatic heterocycles. The molecule has 0 unspecified atom stereocenters. The largest absolute Gasteiger partial charge is 0.496 e. The molecule has 2 rings (SSSR count). The number of aliphatic hydroxyl groups excluding tert-OH is 1. The first-order valence-electron chi connectivity index (χ1n) is 6.83. The second kappa shape index (κ2) is 6.59. The first-order chi connectivity index (χ1) is 10.0. The third-order valence-corrected chi connectivity index (χ3v) is 3.45. The summed E-state index contributed by atoms with van der Waals surface area (Å²) in [5.41, 5.74) is 2.41. The van der Waals surface area contributed by atoms with E-state index in [0.717, 1.165) is 17.0 Å². The quantitative estimate of drug-likeness (QED) is 0.914. The Morgan fingerprint density at radius 1 is 1.24 bits per heavy atom. The first-order valence-corrected chi connectivity index (χ1v) is 6.83. The number of anilines is 1. The number of benzene rings is 2. The summed E-state index contributed by atoms with van der Waals surface area (Å²) in [5, 5.41) is 9.83. The first kappa shape index (κ1) is 15.3. The van der Waals surface area contributed by atoms with Crippen LogP contribution >= 0.6 is 0 Å². The number of rotatable bonds is 5. The van der Waals surface area contributed by atoms with Crippen molar-refractivity contribution < 1.29 is 14.2 Å². The molecule has 0 spiro atoms. The Bertz CT molecular complexity index is 613. The molecule has 0 heterocycles. The molecule has 112 valence electrons. The van der Waals surface area contributed by atoms with Gasteiger partial charge in [-0.25, -0.2) is 4.39 Å². The Balaban J connectivity index is 2.30. The fourth-order valence-electron chi connectivity index (χ4n) is 2.38. The predicted octanol–water partition coefficient (Wildman–Crippen LogP) is 3.52. The molecule has 2 aromatic rings. The van der Waals surface area contributed by atoms with E-state index in [1.807, 2.05) is 36.2 Å². The molecule has 1 N–H and O–H groups in total. The van der Waals surface area contributed by atoms with E-state index in [0.29, 0.717) is 12.1 Å². The van der Waals surface area contributed by atoms with Crippen molar-refractivity contribution in [2.45, 2.75) is 19.6 Å². The molecule has 3 nitrogen and oxygen atoms in total. The van der Waals surface area contributed by atoms with Gasteiger partial charge in [-0.15, -0.1) is 0 Å². The molecule has 1 atom stereocenters. The third kappa shape index (κ3) is 3.52. The highest BCUT2D eigenvalue weighted by Crippen LogP contribution is 2.29. The number of aliphatic hydroxyl groups is 1. The van der Waals surface area contributed by atoms with Crippen molar-refractivity contribution in [3.8, 4) is 5.75 Å². The van der Waals surface area contributed by atoms with Crippen molar-refractivity contribution >= 4 is 5.69 Å². The number of hydrogen-bond acceptors (Lipinski definition) is 3. The number of ether oxygens (including phenoxy) is 1. The molecule has 4 heteroatoms. The smallest absolute Gasteiger partial charge is 0.123 e. The van der Waals surface area contributed by atoms with E-state index in [9.17, 15) is 9.50 Å². The zero-order valence-corrected chi connectivity index (χ0v) is 12.5. The monoisotopic (exact) mass is 289 g/mol. The maximum atomic E-state index is 13.4. The van der Waals surface area contributed by atoms with Gasteiger partial charge in [-0.2, -0.15) is 0 Å². The highest BCUT2D eigenvalue weighted by molar-refractivity contribution is 5.55. The average Bonchev–Trinajstić information content (AvgIpc) is 2.47. The SMILES string of the molecule is COc1ccccc1CN(C)c1ccc(F)cc1[C@@H](C)O. The van der Waals surface area contributed by atoms with E-state index in [1.165, 1.54) is 12.1 Å². The zero-order valence-electron chi connectivity index (χ0n) is 12.5. The van der Waals surface area contributed by atoms with Gasteiger partial charge in [0.2, 0.25) is 0 Å². The summed E-state index contributed by atoms with van der Waals surface area (Å²) < 4.78 is 18.7. The molecule has 0 saturated carbocycles. The molecule has 0 aliphatic rings. The van der Waals surface area contributed by atoms with Gasteiger partial charge in [-0.3, -0.25) is 0 Å². The molecule has 0 aliphatic carbocycles. The van der Waals surface area contributed by atoms with Crippen LogP contribution in [0.3, 0.4) is 0 Å². The number of halogens is 1. The lowest BCUT2D eigenvalue weighted by molar-refractivity contribution is 0.199. The van der Waals surface area contributed by atoms with Gasteiger partial charge < -0.3 is 14.7 Å². The maximum Gasteiger partial charge on any atom is 0.123 e. The van der Waals surface area contributed by atoms with Crippen molar-refractivity contribution in [2.24, 2.45) is 0 Å². The van der Waals surface area contributed by atoms with Crippen molar-refractivity contribution in [1.29, 1.82) is 0 Å². The summed E-state index contributed by atoms with van der Waals surface area (Å²) in [6, 6.07) is 12.2. The highest BCUT2D eigenvalue weighted by Gasteiger charge is 2.14. The standard InChI is InChI=1S/C17H20FNO2/c1-12(20)15-10-14(18)8-9-16(15)19(2)11-13-6-4-5-7-17(13)21-3/h4-10,12,20H,11H2,1-3H3/t12-/m1/s1. The van der Waals surface area contributed by atoms with E-state index >= 15 is 0 Å². The van der Waals surface area contributed by atoms with Crippen LogP contribution in [0.4, 0.5) is 10.1 Å². The minimum Gasteiger partial charge on any atom is -0.496 e. The minimum absolute atomic E-state index is 0.347. The van der Waals surface area contributed by atoms with Gasteiger partial charge >= 0.3 is 0 Å². The maximum absolute atomic E-state index is 13.4. The molecule has 0 saturated heterocycles. The van der Waals surface area contributed by atoms with Crippen LogP contribution in [0.2, 0.25) is 0 Å². The van der Waals surface area contributed by atoms with Crippen LogP contribution in [0.15, 0.2) is 42.5 Å². The minimum atomic E-state index is -0.726. The summed E-state index contributed by atoms with van der Waals surface area (Å²) >= 11 is 0. The van der Waals surface area contributed by atoms with Crippen LogP contribution < -0.4 is 9.64 Å². The Labute approximate surface area is 124 Å². The van der Waals surface area contributed by atoms with Crippen molar-refractivity contribution in [3.05, 3.63) is 59.4 Å². The zero-order chi connectivity index (χ0) is 15.4. The number of para-hydroxylation sites is 1. The molecule has 21 heavy (non-hydrogen) atoms. The molecule has 0 aromatic heterocycles. The van der Waals surface area contributed by atoms with Crippen LogP contribution in [-0.2, 0) is 6.54 Å². The second-order valence-electron chi connectivity index (χ2n) is 5.05. The summed E-state index contributed by atoms with van der Waals surface area (Å²) in [4.78, 5) is 1.97. The molecule has 0 bridgehead atoms. The third-order valence-electron chi connectivity index (χ3n) is 3.45. The van der Waals surface area contributed by atoms with Gasteiger partial charge in [0, 0.05) is 30.4 Å². The van der Waals surface area contributed by atoms with Crippen molar-refractivity contribution in [1.82, 2.24) is 0 Å². The molecule has 0 radical (unpaired) electrons. The van der Waals surface area contributed by atoms with Crippen molar-refractivity contribution in [2.75, 3.05) is 19.1 Å². The molecule has 2 aromatic carbocycles. The van der Waals surface area contributed by atoms with Crippen LogP contribution in [-0.4, -0.2) is 19.3 Å². The number of nitrogens with zero attached hydrogens (tertiary/aromatic N) is 1. The Morgan fingerprint density at radius 2 is 1.95 bits per heavy atom. The van der Waals surface area contributed by atoms with E-state index in [1.54, 1.807) is 20.1 Å². The van der Waals surface area contributed by atoms with Gasteiger partial charge in [-0.05, 0) is 31.2 Å². The lowest BCUT2D eigenvalue weighted by Gasteiger charge is -2.24. The van der Waals surface area contributed by atoms with Gasteiger partial charge in [0.15, 0.2) is 0 Å². The fourth-order valence-corrected chi connectivity index (χ4v) is 2.38. The van der Waals surface area contributed by atoms with Gasteiger partial charge in [-0.1, -0.05) is 18.2 Å². The van der Waals surface area contributed by atoms with Crippen molar-refractivity contribution in [3.63, 3.8) is 0 Å². The van der Waals surface area contributed by atoms with E-state index in [-0.39, 0.29) is 5.82 Å². The van der Waals surface area contributed by atoms with Crippen LogP contribution in [0.1, 0.15) is 24.2 Å². The lowest BCUT2D eigenvalue weighted by atomic mass is 10.1. The van der Waals surface area contributed by atoms with E-state index < -0.39 is 6.10 Å². The van der Waals surface area contributed by atoms with Crippen LogP contribution in [0.5, 0.6) is 5.75 Å².